The quantitative estimate of drug-likeness (QED) is 0.670. The summed E-state index contributed by atoms with van der Waals surface area (Å²) in [6, 6.07) is 6.19. The van der Waals surface area contributed by atoms with Crippen LogP contribution >= 0.6 is 0 Å². The third kappa shape index (κ3) is 6.10. The molecule has 4 rings (SSSR count). The van der Waals surface area contributed by atoms with Crippen molar-refractivity contribution in [3.63, 3.8) is 0 Å². The van der Waals surface area contributed by atoms with Crippen LogP contribution in [-0.4, -0.2) is 60.2 Å². The van der Waals surface area contributed by atoms with Crippen molar-refractivity contribution in [1.29, 1.82) is 0 Å². The predicted molar refractivity (Wildman–Crippen MR) is 133 cm³/mol. The largest absolute Gasteiger partial charge is 0.384 e. The normalized spacial score (nSPS) is 20.2. The van der Waals surface area contributed by atoms with Crippen molar-refractivity contribution in [2.45, 2.75) is 77.7 Å². The molecule has 1 aromatic rings. The highest BCUT2D eigenvalue weighted by molar-refractivity contribution is 5.85. The van der Waals surface area contributed by atoms with E-state index in [1.807, 2.05) is 28.9 Å². The van der Waals surface area contributed by atoms with E-state index in [4.69, 9.17) is 0 Å². The summed E-state index contributed by atoms with van der Waals surface area (Å²) in [5, 5.41) is 6.20. The van der Waals surface area contributed by atoms with Gasteiger partial charge in [-0.05, 0) is 61.6 Å². The van der Waals surface area contributed by atoms with Gasteiger partial charge in [0.25, 0.3) is 0 Å². The van der Waals surface area contributed by atoms with E-state index in [0.717, 1.165) is 36.3 Å². The number of amides is 3. The second kappa shape index (κ2) is 11.2. The van der Waals surface area contributed by atoms with Gasteiger partial charge in [-0.2, -0.15) is 0 Å². The Hall–Kier alpha value is -2.57. The number of nitrogens with zero attached hydrogens (tertiary/aromatic N) is 2. The van der Waals surface area contributed by atoms with Gasteiger partial charge >= 0.3 is 0 Å². The Labute approximate surface area is 203 Å². The molecule has 2 aliphatic heterocycles. The summed E-state index contributed by atoms with van der Waals surface area (Å²) in [6.45, 7) is 5.69. The highest BCUT2D eigenvalue weighted by Crippen LogP contribution is 2.43. The molecule has 1 aliphatic carbocycles. The molecule has 2 N–H and O–H groups in total. The van der Waals surface area contributed by atoms with E-state index >= 15 is 0 Å². The summed E-state index contributed by atoms with van der Waals surface area (Å²) in [5.74, 6) is 0.126. The van der Waals surface area contributed by atoms with E-state index in [-0.39, 0.29) is 24.3 Å². The maximum Gasteiger partial charge on any atom is 0.241 e. The molecule has 0 aromatic heterocycles. The van der Waals surface area contributed by atoms with Crippen LogP contribution in [0, 0.1) is 5.41 Å². The molecule has 0 bridgehead atoms. The fourth-order valence-corrected chi connectivity index (χ4v) is 5.91. The van der Waals surface area contributed by atoms with Crippen LogP contribution in [0.15, 0.2) is 18.2 Å². The predicted octanol–water partition coefficient (Wildman–Crippen LogP) is 3.47. The van der Waals surface area contributed by atoms with Crippen LogP contribution < -0.4 is 10.6 Å². The minimum Gasteiger partial charge on any atom is -0.384 e. The van der Waals surface area contributed by atoms with Crippen LogP contribution in [0.25, 0.3) is 0 Å². The monoisotopic (exact) mass is 468 g/mol. The first kappa shape index (κ1) is 24.6. The number of aryl methyl sites for hydroxylation is 1. The number of fused-ring (bicyclic) bond motifs is 1. The molecule has 7 nitrogen and oxygen atoms in total. The third-order valence-corrected chi connectivity index (χ3v) is 7.93. The summed E-state index contributed by atoms with van der Waals surface area (Å²) in [5.41, 5.74) is 3.54. The lowest BCUT2D eigenvalue weighted by atomic mass is 9.69. The molecule has 2 heterocycles. The maximum atomic E-state index is 12.8. The van der Waals surface area contributed by atoms with Gasteiger partial charge in [0.15, 0.2) is 0 Å². The Morgan fingerprint density at radius 1 is 1.12 bits per heavy atom. The molecule has 34 heavy (non-hydrogen) atoms. The second-order valence-electron chi connectivity index (χ2n) is 10.3. The van der Waals surface area contributed by atoms with E-state index < -0.39 is 0 Å². The first-order chi connectivity index (χ1) is 16.5. The van der Waals surface area contributed by atoms with E-state index in [1.54, 1.807) is 0 Å². The molecule has 1 saturated heterocycles. The number of carbonyl (C=O) groups excluding carboxylic acids is 3. The summed E-state index contributed by atoms with van der Waals surface area (Å²) >= 11 is 0. The average molecular weight is 469 g/mol. The minimum absolute atomic E-state index is 0.0505. The molecule has 1 saturated carbocycles. The van der Waals surface area contributed by atoms with Crippen LogP contribution in [0.1, 0.15) is 75.8 Å². The van der Waals surface area contributed by atoms with E-state index in [0.29, 0.717) is 44.3 Å². The number of carbonyl (C=O) groups is 3. The highest BCUT2D eigenvalue weighted by Gasteiger charge is 2.37. The van der Waals surface area contributed by atoms with Crippen LogP contribution in [-0.2, 0) is 27.3 Å². The van der Waals surface area contributed by atoms with Gasteiger partial charge < -0.3 is 20.4 Å². The van der Waals surface area contributed by atoms with E-state index in [1.165, 1.54) is 38.5 Å². The molecule has 186 valence electrons. The summed E-state index contributed by atoms with van der Waals surface area (Å²) in [7, 11) is 0. The number of hydrogen-bond donors (Lipinski definition) is 2. The van der Waals surface area contributed by atoms with Crippen LogP contribution in [0.5, 0.6) is 0 Å². The van der Waals surface area contributed by atoms with Crippen LogP contribution in [0.4, 0.5) is 5.69 Å². The zero-order chi connectivity index (χ0) is 24.0. The van der Waals surface area contributed by atoms with Gasteiger partial charge in [0.05, 0.1) is 6.54 Å². The van der Waals surface area contributed by atoms with Crippen molar-refractivity contribution in [2.24, 2.45) is 5.41 Å². The van der Waals surface area contributed by atoms with Crippen LogP contribution in [0.2, 0.25) is 0 Å². The summed E-state index contributed by atoms with van der Waals surface area (Å²) < 4.78 is 0. The average Bonchev–Trinajstić information content (AvgIpc) is 2.84. The van der Waals surface area contributed by atoms with E-state index in [2.05, 4.69) is 16.7 Å². The molecule has 0 radical (unpaired) electrons. The van der Waals surface area contributed by atoms with E-state index in [9.17, 15) is 14.4 Å². The topological polar surface area (TPSA) is 81.8 Å². The molecule has 1 aromatic carbocycles. The van der Waals surface area contributed by atoms with Crippen molar-refractivity contribution >= 4 is 23.4 Å². The molecule has 7 heteroatoms. The number of hydrogen-bond acceptors (Lipinski definition) is 4. The Morgan fingerprint density at radius 3 is 2.71 bits per heavy atom. The standard InChI is InChI=1S/C27H40N4O3/c1-2-30-19-22-17-21(7-9-23(22)28-15-11-25(30)33)8-10-24(32)29-18-26(34)31-16-6-14-27(20-31)12-4-3-5-13-27/h7,9,17,28H,2-6,8,10-16,18-20H2,1H3,(H,29,32). The molecule has 3 aliphatic rings. The Morgan fingerprint density at radius 2 is 1.91 bits per heavy atom. The third-order valence-electron chi connectivity index (χ3n) is 7.93. The van der Waals surface area contributed by atoms with Crippen LogP contribution in [0.3, 0.4) is 0 Å². The van der Waals surface area contributed by atoms with Gasteiger partial charge in [-0.25, -0.2) is 0 Å². The van der Waals surface area contributed by atoms with Crippen molar-refractivity contribution in [3.05, 3.63) is 29.3 Å². The molecule has 2 fully saturated rings. The van der Waals surface area contributed by atoms with Gasteiger partial charge in [0.2, 0.25) is 17.7 Å². The van der Waals surface area contributed by atoms with Gasteiger partial charge in [-0.1, -0.05) is 31.4 Å². The van der Waals surface area contributed by atoms with Crippen molar-refractivity contribution in [3.8, 4) is 0 Å². The van der Waals surface area contributed by atoms with Crippen molar-refractivity contribution < 1.29 is 14.4 Å². The zero-order valence-electron chi connectivity index (χ0n) is 20.7. The first-order valence-corrected chi connectivity index (χ1v) is 13.2. The number of anilines is 1. The fraction of sp³-hybridized carbons (Fsp3) is 0.667. The Balaban J connectivity index is 1.25. The molecule has 3 amide bonds. The molecule has 0 unspecified atom stereocenters. The first-order valence-electron chi connectivity index (χ1n) is 13.2. The Kier molecular flexibility index (Phi) is 8.11. The van der Waals surface area contributed by atoms with Crippen molar-refractivity contribution in [2.75, 3.05) is 38.0 Å². The number of piperidine rings is 1. The second-order valence-corrected chi connectivity index (χ2v) is 10.3. The lowest BCUT2D eigenvalue weighted by molar-refractivity contribution is -0.136. The molecular weight excluding hydrogens is 428 g/mol. The summed E-state index contributed by atoms with van der Waals surface area (Å²) in [6.07, 6.45) is 10.1. The molecule has 1 spiro atoms. The number of likely N-dealkylation sites (tertiary alicyclic amines) is 1. The molecule has 0 atom stereocenters. The fourth-order valence-electron chi connectivity index (χ4n) is 5.91. The van der Waals surface area contributed by atoms with Crippen molar-refractivity contribution in [1.82, 2.24) is 15.1 Å². The lowest BCUT2D eigenvalue weighted by Crippen LogP contribution is -2.49. The van der Waals surface area contributed by atoms with Gasteiger partial charge in [0.1, 0.15) is 0 Å². The molecular formula is C27H40N4O3. The van der Waals surface area contributed by atoms with Gasteiger partial charge in [0, 0.05) is 51.3 Å². The zero-order valence-corrected chi connectivity index (χ0v) is 20.7. The van der Waals surface area contributed by atoms with Gasteiger partial charge in [-0.15, -0.1) is 0 Å². The SMILES string of the molecule is CCN1Cc2cc(CCC(=O)NCC(=O)N3CCCC4(CCCCC4)C3)ccc2NCCC1=O. The summed E-state index contributed by atoms with van der Waals surface area (Å²) in [4.78, 5) is 41.4. The number of benzene rings is 1. The Bertz CT molecular complexity index is 888. The van der Waals surface area contributed by atoms with Gasteiger partial charge in [-0.3, -0.25) is 14.4 Å². The highest BCUT2D eigenvalue weighted by atomic mass is 16.2. The number of rotatable bonds is 6. The lowest BCUT2D eigenvalue weighted by Gasteiger charge is -2.45. The maximum absolute atomic E-state index is 12.8. The smallest absolute Gasteiger partial charge is 0.241 e. The minimum atomic E-state index is -0.0898. The number of nitrogens with one attached hydrogen (secondary N) is 2.